The van der Waals surface area contributed by atoms with Gasteiger partial charge in [-0.15, -0.1) is 0 Å². The summed E-state index contributed by atoms with van der Waals surface area (Å²) >= 11 is 0. The smallest absolute Gasteiger partial charge is 0.415 e. The van der Waals surface area contributed by atoms with Crippen molar-refractivity contribution < 1.29 is 28.2 Å². The van der Waals surface area contributed by atoms with Crippen LogP contribution in [0.2, 0.25) is 0 Å². The minimum atomic E-state index is -0.886. The van der Waals surface area contributed by atoms with Gasteiger partial charge in [-0.1, -0.05) is 5.92 Å². The molecule has 1 saturated carbocycles. The Balaban J connectivity index is 1.53. The Morgan fingerprint density at radius 2 is 1.67 bits per heavy atom. The molecule has 1 aliphatic carbocycles. The summed E-state index contributed by atoms with van der Waals surface area (Å²) in [5.41, 5.74) is 5.49. The van der Waals surface area contributed by atoms with Gasteiger partial charge in [-0.3, -0.25) is 9.69 Å². The van der Waals surface area contributed by atoms with Crippen LogP contribution in [-0.4, -0.2) is 73.7 Å². The van der Waals surface area contributed by atoms with Gasteiger partial charge < -0.3 is 24.7 Å². The number of imidazole rings is 1. The van der Waals surface area contributed by atoms with E-state index in [0.29, 0.717) is 17.1 Å². The second-order valence-electron chi connectivity index (χ2n) is 12.9. The number of carbonyl (C=O) groups excluding carboxylic acids is 3. The lowest BCUT2D eigenvalue weighted by atomic mass is 10.1. The summed E-state index contributed by atoms with van der Waals surface area (Å²) in [5, 5.41) is 4.54. The molecule has 2 fully saturated rings. The van der Waals surface area contributed by atoms with Crippen LogP contribution < -0.4 is 10.6 Å². The highest BCUT2D eigenvalue weighted by molar-refractivity contribution is 6.03. The highest BCUT2D eigenvalue weighted by Crippen LogP contribution is 2.37. The second kappa shape index (κ2) is 10.6. The average Bonchev–Trinajstić information content (AvgIpc) is 3.49. The first-order valence-electron chi connectivity index (χ1n) is 14.1. The number of rotatable bonds is 4. The van der Waals surface area contributed by atoms with Crippen LogP contribution in [0.5, 0.6) is 0 Å². The molecule has 1 saturated heterocycles. The number of hydrogen-bond acceptors (Lipinski definition) is 7. The summed E-state index contributed by atoms with van der Waals surface area (Å²) in [6.45, 7) is 10.9. The summed E-state index contributed by atoms with van der Waals surface area (Å²) in [7, 11) is 1.43. The van der Waals surface area contributed by atoms with Gasteiger partial charge in [0.2, 0.25) is 0 Å². The van der Waals surface area contributed by atoms with Crippen LogP contribution in [0.15, 0.2) is 18.5 Å². The van der Waals surface area contributed by atoms with E-state index >= 15 is 4.39 Å². The molecule has 1 aliphatic heterocycles. The van der Waals surface area contributed by atoms with Gasteiger partial charge in [-0.2, -0.15) is 5.10 Å². The second-order valence-corrected chi connectivity index (χ2v) is 12.9. The van der Waals surface area contributed by atoms with E-state index < -0.39 is 41.2 Å². The summed E-state index contributed by atoms with van der Waals surface area (Å²) in [5.74, 6) is 4.18. The number of nitrogens with zero attached hydrogens (tertiary/aromatic N) is 6. The molecule has 0 atom stereocenters. The van der Waals surface area contributed by atoms with Crippen LogP contribution in [0.1, 0.15) is 88.1 Å². The monoisotopic (exact) mass is 593 g/mol. The molecule has 2 aromatic heterocycles. The van der Waals surface area contributed by atoms with E-state index in [1.54, 1.807) is 53.9 Å². The summed E-state index contributed by atoms with van der Waals surface area (Å²) in [6, 6.07) is 2.86. The number of likely N-dealkylation sites (tertiary alicyclic amines) is 1. The molecule has 0 unspecified atom stereocenters. The predicted octanol–water partition coefficient (Wildman–Crippen LogP) is 4.37. The first-order valence-corrected chi connectivity index (χ1v) is 14.1. The highest BCUT2D eigenvalue weighted by atomic mass is 19.1. The van der Waals surface area contributed by atoms with Gasteiger partial charge in [0, 0.05) is 32.2 Å². The Kier molecular flexibility index (Phi) is 7.36. The third kappa shape index (κ3) is 6.28. The highest BCUT2D eigenvalue weighted by Gasteiger charge is 2.40. The Morgan fingerprint density at radius 3 is 2.26 bits per heavy atom. The van der Waals surface area contributed by atoms with Gasteiger partial charge in [0.05, 0.1) is 29.0 Å². The average molecular weight is 594 g/mol. The summed E-state index contributed by atoms with van der Waals surface area (Å²) < 4.78 is 29.5. The Bertz CT molecular complexity index is 1670. The first kappa shape index (κ1) is 29.9. The zero-order valence-corrected chi connectivity index (χ0v) is 25.4. The molecule has 0 bridgehead atoms. The SMILES string of the molecule is CN(C(=O)OC(C)(C)C)c1c(C(N)=O)c(C#Cc2cc3ncn(C4CC4)c3cc2F)nn1C1CN(C(=O)OC(C)(C)C)C1. The fraction of sp³-hybridized carbons (Fsp3) is 0.500. The molecule has 2 aliphatic rings. The number of nitrogens with two attached hydrogens (primary N) is 1. The fourth-order valence-corrected chi connectivity index (χ4v) is 4.73. The number of benzene rings is 1. The third-order valence-corrected chi connectivity index (χ3v) is 6.90. The largest absolute Gasteiger partial charge is 0.444 e. The van der Waals surface area contributed by atoms with Crippen molar-refractivity contribution in [3.63, 3.8) is 0 Å². The van der Waals surface area contributed by atoms with Gasteiger partial charge in [0.15, 0.2) is 11.5 Å². The van der Waals surface area contributed by atoms with E-state index in [9.17, 15) is 14.4 Å². The van der Waals surface area contributed by atoms with Crippen LogP contribution in [0, 0.1) is 17.7 Å². The lowest BCUT2D eigenvalue weighted by Gasteiger charge is -2.40. The van der Waals surface area contributed by atoms with Crippen molar-refractivity contribution >= 4 is 34.9 Å². The van der Waals surface area contributed by atoms with Crippen LogP contribution >= 0.6 is 0 Å². The molecule has 3 heterocycles. The quantitative estimate of drug-likeness (QED) is 0.444. The zero-order valence-electron chi connectivity index (χ0n) is 25.4. The molecule has 12 nitrogen and oxygen atoms in total. The standard InChI is InChI=1S/C30H36FN7O5/c1-29(2,3)42-27(40)35(7)26-24(25(32)39)21(34-38(26)19-14-36(15-19)28(41)43-30(4,5)6)11-8-17-12-22-23(13-20(17)31)37(16-33-22)18-9-10-18/h12-13,16,18-19H,9-10,14-15H2,1-7H3,(H2,32,39). The molecule has 0 radical (unpaired) electrons. The maximum atomic E-state index is 15.1. The van der Waals surface area contributed by atoms with E-state index in [1.807, 2.05) is 4.57 Å². The summed E-state index contributed by atoms with van der Waals surface area (Å²) in [6.07, 6.45) is 2.52. The number of aromatic nitrogens is 4. The number of hydrogen-bond donors (Lipinski definition) is 1. The van der Waals surface area contributed by atoms with Gasteiger partial charge in [0.25, 0.3) is 5.91 Å². The van der Waals surface area contributed by atoms with Gasteiger partial charge in [-0.25, -0.2) is 23.6 Å². The minimum absolute atomic E-state index is 0.0448. The zero-order chi connectivity index (χ0) is 31.4. The van der Waals surface area contributed by atoms with Crippen LogP contribution in [-0.2, 0) is 9.47 Å². The molecule has 13 heteroatoms. The van der Waals surface area contributed by atoms with E-state index in [1.165, 1.54) is 22.7 Å². The Morgan fingerprint density at radius 1 is 1.02 bits per heavy atom. The van der Waals surface area contributed by atoms with Gasteiger partial charge >= 0.3 is 12.2 Å². The lowest BCUT2D eigenvalue weighted by molar-refractivity contribution is -0.000395. The maximum absolute atomic E-state index is 15.1. The van der Waals surface area contributed by atoms with E-state index in [-0.39, 0.29) is 35.7 Å². The third-order valence-electron chi connectivity index (χ3n) is 6.90. The first-order chi connectivity index (χ1) is 20.0. The lowest BCUT2D eigenvalue weighted by Crippen LogP contribution is -2.53. The van der Waals surface area contributed by atoms with Gasteiger partial charge in [0.1, 0.15) is 22.6 Å². The van der Waals surface area contributed by atoms with Crippen molar-refractivity contribution in [2.75, 3.05) is 25.0 Å². The number of ether oxygens (including phenoxy) is 2. The van der Waals surface area contributed by atoms with Crippen LogP contribution in [0.3, 0.4) is 0 Å². The van der Waals surface area contributed by atoms with Crippen molar-refractivity contribution in [1.29, 1.82) is 0 Å². The molecule has 1 aromatic carbocycles. The maximum Gasteiger partial charge on any atom is 0.415 e. The van der Waals surface area contributed by atoms with Crippen molar-refractivity contribution in [3.05, 3.63) is 41.1 Å². The van der Waals surface area contributed by atoms with E-state index in [2.05, 4.69) is 21.9 Å². The van der Waals surface area contributed by atoms with E-state index in [4.69, 9.17) is 15.2 Å². The number of fused-ring (bicyclic) bond motifs is 1. The molecule has 0 spiro atoms. The number of halogens is 1. The van der Waals surface area contributed by atoms with Crippen LogP contribution in [0.25, 0.3) is 11.0 Å². The van der Waals surface area contributed by atoms with Crippen LogP contribution in [0.4, 0.5) is 19.8 Å². The van der Waals surface area contributed by atoms with Crippen molar-refractivity contribution in [2.45, 2.75) is 77.7 Å². The van der Waals surface area contributed by atoms with Crippen molar-refractivity contribution in [1.82, 2.24) is 24.2 Å². The molecule has 3 aromatic rings. The van der Waals surface area contributed by atoms with Gasteiger partial charge in [-0.05, 0) is 66.4 Å². The fourth-order valence-electron chi connectivity index (χ4n) is 4.73. The number of carbonyl (C=O) groups is 3. The normalized spacial score (nSPS) is 15.5. The number of anilines is 1. The molecule has 3 amide bonds. The van der Waals surface area contributed by atoms with Crippen molar-refractivity contribution in [3.8, 4) is 11.8 Å². The number of amides is 3. The molecular formula is C30H36FN7O5. The molecule has 228 valence electrons. The van der Waals surface area contributed by atoms with E-state index in [0.717, 1.165) is 17.7 Å². The predicted molar refractivity (Wildman–Crippen MR) is 156 cm³/mol. The molecule has 43 heavy (non-hydrogen) atoms. The topological polar surface area (TPSA) is 138 Å². The Labute approximate surface area is 248 Å². The van der Waals surface area contributed by atoms with Crippen molar-refractivity contribution in [2.24, 2.45) is 5.73 Å². The Hall–Kier alpha value is -4.60. The molecule has 5 rings (SSSR count). The molecular weight excluding hydrogens is 557 g/mol. The molecule has 2 N–H and O–H groups in total. The number of primary amides is 1. The minimum Gasteiger partial charge on any atom is -0.444 e. The summed E-state index contributed by atoms with van der Waals surface area (Å²) in [4.78, 5) is 45.5.